The van der Waals surface area contributed by atoms with Crippen LogP contribution in [0, 0.1) is 0 Å². The molecular formula is C34H42N2O2Si2. The second-order valence-corrected chi connectivity index (χ2v) is 22.7. The van der Waals surface area contributed by atoms with Gasteiger partial charge in [0.2, 0.25) is 0 Å². The smallest absolute Gasteiger partial charge is 0.127 e. The maximum absolute atomic E-state index is 11.0. The van der Waals surface area contributed by atoms with Gasteiger partial charge in [-0.2, -0.15) is 0 Å². The fraction of sp³-hybridized carbons (Fsp3) is 0.294. The maximum Gasteiger partial charge on any atom is 0.127 e. The van der Waals surface area contributed by atoms with Crippen LogP contribution in [0.3, 0.4) is 0 Å². The van der Waals surface area contributed by atoms with E-state index in [4.69, 9.17) is 9.98 Å². The lowest BCUT2D eigenvalue weighted by molar-refractivity contribution is 0.467. The van der Waals surface area contributed by atoms with E-state index in [1.165, 1.54) is 10.4 Å². The second-order valence-electron chi connectivity index (χ2n) is 12.6. The maximum atomic E-state index is 11.0. The van der Waals surface area contributed by atoms with E-state index in [0.717, 1.165) is 45.9 Å². The van der Waals surface area contributed by atoms with Gasteiger partial charge in [0.05, 0.1) is 27.5 Å². The molecule has 0 amide bonds. The number of benzene rings is 4. The molecule has 0 spiro atoms. The van der Waals surface area contributed by atoms with Gasteiger partial charge in [0.25, 0.3) is 0 Å². The van der Waals surface area contributed by atoms with Crippen LogP contribution in [-0.2, 0) is 12.8 Å². The largest absolute Gasteiger partial charge is 0.507 e. The summed E-state index contributed by atoms with van der Waals surface area (Å²) in [5, 5.41) is 26.7. The zero-order valence-electron chi connectivity index (χ0n) is 25.1. The summed E-state index contributed by atoms with van der Waals surface area (Å²) >= 11 is 0. The molecule has 0 aliphatic heterocycles. The number of fused-ring (bicyclic) bond motifs is 1. The Kier molecular flexibility index (Phi) is 8.52. The number of phenols is 2. The van der Waals surface area contributed by atoms with Crippen molar-refractivity contribution in [3.05, 3.63) is 82.9 Å². The minimum absolute atomic E-state index is 0.291. The normalized spacial score (nSPS) is 12.7. The highest BCUT2D eigenvalue weighted by Crippen LogP contribution is 2.34. The van der Waals surface area contributed by atoms with E-state index < -0.39 is 16.1 Å². The van der Waals surface area contributed by atoms with Gasteiger partial charge in [0.15, 0.2) is 0 Å². The average Bonchev–Trinajstić information content (AvgIpc) is 2.90. The predicted octanol–water partition coefficient (Wildman–Crippen LogP) is 7.97. The predicted molar refractivity (Wildman–Crippen MR) is 179 cm³/mol. The Balaban J connectivity index is 1.84. The molecule has 0 fully saturated rings. The molecule has 0 radical (unpaired) electrons. The third-order valence-electron chi connectivity index (χ3n) is 7.46. The second kappa shape index (κ2) is 11.6. The Hall–Kier alpha value is -3.49. The minimum atomic E-state index is -1.59. The van der Waals surface area contributed by atoms with Crippen molar-refractivity contribution in [2.75, 3.05) is 0 Å². The van der Waals surface area contributed by atoms with E-state index in [-0.39, 0.29) is 0 Å². The molecule has 0 saturated heterocycles. The Labute approximate surface area is 241 Å². The van der Waals surface area contributed by atoms with Crippen LogP contribution in [0.2, 0.25) is 39.3 Å². The first-order valence-corrected chi connectivity index (χ1v) is 21.2. The molecule has 0 heterocycles. The van der Waals surface area contributed by atoms with Crippen LogP contribution in [0.1, 0.15) is 36.1 Å². The van der Waals surface area contributed by atoms with Crippen LogP contribution in [0.15, 0.2) is 70.6 Å². The molecule has 2 N–H and O–H groups in total. The van der Waals surface area contributed by atoms with Gasteiger partial charge in [-0.3, -0.25) is 9.98 Å². The summed E-state index contributed by atoms with van der Waals surface area (Å²) in [5.41, 5.74) is 4.77. The third-order valence-corrected chi connectivity index (χ3v) is 11.5. The molecule has 4 rings (SSSR count). The standard InChI is InChI=1S/C34H42N2O2Si2/c1-9-23-15-29(39(3,4)5)17-27(33(23)37)21-35-31-19-25-13-11-12-14-26(25)20-32(31)36-22-28-18-30(40(6,7)8)16-24(10-2)34(28)38/h11-22,37-38H,9-10H2,1-8H3. The number of hydrogen-bond acceptors (Lipinski definition) is 4. The molecule has 4 nitrogen and oxygen atoms in total. The number of nitrogens with zero attached hydrogens (tertiary/aromatic N) is 2. The van der Waals surface area contributed by atoms with Crippen molar-refractivity contribution in [2.45, 2.75) is 66.0 Å². The van der Waals surface area contributed by atoms with E-state index >= 15 is 0 Å². The quantitative estimate of drug-likeness (QED) is 0.168. The van der Waals surface area contributed by atoms with Crippen LogP contribution >= 0.6 is 0 Å². The van der Waals surface area contributed by atoms with Crippen LogP contribution in [0.5, 0.6) is 11.5 Å². The Morgan fingerprint density at radius 1 is 0.600 bits per heavy atom. The highest BCUT2D eigenvalue weighted by Gasteiger charge is 2.21. The number of aryl methyl sites for hydroxylation is 2. The molecular weight excluding hydrogens is 525 g/mol. The summed E-state index contributed by atoms with van der Waals surface area (Å²) in [5.74, 6) is 0.582. The van der Waals surface area contributed by atoms with Gasteiger partial charge in [-0.15, -0.1) is 0 Å². The first kappa shape index (κ1) is 29.5. The fourth-order valence-corrected chi connectivity index (χ4v) is 7.13. The van der Waals surface area contributed by atoms with Gasteiger partial charge in [0.1, 0.15) is 11.5 Å². The lowest BCUT2D eigenvalue weighted by atomic mass is 10.1. The summed E-state index contributed by atoms with van der Waals surface area (Å²) in [6.45, 7) is 18.0. The van der Waals surface area contributed by atoms with E-state index in [1.807, 2.05) is 24.3 Å². The highest BCUT2D eigenvalue weighted by molar-refractivity contribution is 6.89. The zero-order chi connectivity index (χ0) is 29.2. The molecule has 0 aliphatic rings. The van der Waals surface area contributed by atoms with Crippen molar-refractivity contribution >= 4 is 61.1 Å². The Morgan fingerprint density at radius 3 is 1.30 bits per heavy atom. The lowest BCUT2D eigenvalue weighted by Gasteiger charge is -2.19. The van der Waals surface area contributed by atoms with Crippen LogP contribution in [0.25, 0.3) is 10.8 Å². The van der Waals surface area contributed by atoms with Crippen molar-refractivity contribution in [1.82, 2.24) is 0 Å². The van der Waals surface area contributed by atoms with Gasteiger partial charge in [-0.25, -0.2) is 0 Å². The Bertz CT molecular complexity index is 1490. The van der Waals surface area contributed by atoms with Gasteiger partial charge >= 0.3 is 0 Å². The van der Waals surface area contributed by atoms with Crippen molar-refractivity contribution in [2.24, 2.45) is 9.98 Å². The van der Waals surface area contributed by atoms with Gasteiger partial charge in [0, 0.05) is 23.6 Å². The molecule has 0 aliphatic carbocycles. The van der Waals surface area contributed by atoms with E-state index in [9.17, 15) is 10.2 Å². The molecule has 0 atom stereocenters. The van der Waals surface area contributed by atoms with E-state index in [1.54, 1.807) is 12.4 Å². The van der Waals surface area contributed by atoms with Gasteiger partial charge in [-0.05, 0) is 46.9 Å². The van der Waals surface area contributed by atoms with Gasteiger partial charge < -0.3 is 10.2 Å². The molecule has 0 saturated carbocycles. The summed E-state index contributed by atoms with van der Waals surface area (Å²) in [4.78, 5) is 9.74. The lowest BCUT2D eigenvalue weighted by Crippen LogP contribution is -2.38. The Morgan fingerprint density at radius 2 is 0.975 bits per heavy atom. The molecule has 0 bridgehead atoms. The van der Waals surface area contributed by atoms with Crippen LogP contribution in [-0.4, -0.2) is 38.8 Å². The topological polar surface area (TPSA) is 65.2 Å². The number of aliphatic imine (C=N–C) groups is 2. The molecule has 40 heavy (non-hydrogen) atoms. The molecule has 6 heteroatoms. The SMILES string of the molecule is CCc1cc([Si](C)(C)C)cc(C=Nc2cc3ccccc3cc2N=Cc2cc([Si](C)(C)C)cc(CC)c2O)c1O. The van der Waals surface area contributed by atoms with Gasteiger partial charge in [-0.1, -0.05) is 112 Å². The minimum Gasteiger partial charge on any atom is -0.507 e. The van der Waals surface area contributed by atoms with Crippen LogP contribution < -0.4 is 10.4 Å². The van der Waals surface area contributed by atoms with Crippen molar-refractivity contribution in [3.63, 3.8) is 0 Å². The van der Waals surface area contributed by atoms with E-state index in [0.29, 0.717) is 22.9 Å². The average molecular weight is 567 g/mol. The summed E-state index contributed by atoms with van der Waals surface area (Å²) in [6.07, 6.45) is 5.05. The number of hydrogen-bond donors (Lipinski definition) is 2. The fourth-order valence-electron chi connectivity index (χ4n) is 4.74. The molecule has 4 aromatic carbocycles. The van der Waals surface area contributed by atoms with Crippen molar-refractivity contribution in [3.8, 4) is 11.5 Å². The molecule has 0 unspecified atom stereocenters. The number of phenolic OH excluding ortho intramolecular Hbond substituents is 2. The first-order valence-electron chi connectivity index (χ1n) is 14.2. The first-order chi connectivity index (χ1) is 18.8. The third kappa shape index (κ3) is 6.45. The summed E-state index contributed by atoms with van der Waals surface area (Å²) in [7, 11) is -3.18. The van der Waals surface area contributed by atoms with Crippen molar-refractivity contribution in [1.29, 1.82) is 0 Å². The number of aromatic hydroxyl groups is 2. The highest BCUT2D eigenvalue weighted by atomic mass is 28.3. The molecule has 0 aromatic heterocycles. The monoisotopic (exact) mass is 566 g/mol. The molecule has 208 valence electrons. The number of rotatable bonds is 8. The summed E-state index contributed by atoms with van der Waals surface area (Å²) < 4.78 is 0. The summed E-state index contributed by atoms with van der Waals surface area (Å²) in [6, 6.07) is 20.7. The molecule has 4 aromatic rings. The van der Waals surface area contributed by atoms with Crippen LogP contribution in [0.4, 0.5) is 11.4 Å². The zero-order valence-corrected chi connectivity index (χ0v) is 27.1. The van der Waals surface area contributed by atoms with E-state index in [2.05, 4.69) is 89.5 Å². The van der Waals surface area contributed by atoms with Crippen molar-refractivity contribution < 1.29 is 10.2 Å².